The lowest BCUT2D eigenvalue weighted by Crippen LogP contribution is -1.83. The van der Waals surface area contributed by atoms with Crippen LogP contribution in [0.1, 0.15) is 34.3 Å². The zero-order chi connectivity index (χ0) is 9.14. The summed E-state index contributed by atoms with van der Waals surface area (Å²) >= 11 is 1.50. The van der Waals surface area contributed by atoms with Crippen LogP contribution in [0.25, 0.3) is 0 Å². The monoisotopic (exact) mass is 184 g/mol. The molecule has 0 aliphatic heterocycles. The molecule has 12 heavy (non-hydrogen) atoms. The molecule has 0 radical (unpaired) electrons. The highest BCUT2D eigenvalue weighted by molar-refractivity contribution is 7.14. The van der Waals surface area contributed by atoms with Crippen molar-refractivity contribution in [1.82, 2.24) is 0 Å². The lowest BCUT2D eigenvalue weighted by Gasteiger charge is -1.96. The third kappa shape index (κ3) is 1.67. The summed E-state index contributed by atoms with van der Waals surface area (Å²) in [5.41, 5.74) is 0. The minimum Gasteiger partial charge on any atom is -0.495 e. The maximum atomic E-state index is 10.6. The molecule has 0 aliphatic carbocycles. The molecule has 0 atom stereocenters. The molecule has 0 amide bonds. The second-order valence-electron chi connectivity index (χ2n) is 2.85. The summed E-state index contributed by atoms with van der Waals surface area (Å²) in [6, 6.07) is 1.93. The van der Waals surface area contributed by atoms with Crippen molar-refractivity contribution in [3.63, 3.8) is 0 Å². The van der Waals surface area contributed by atoms with E-state index < -0.39 is 0 Å². The van der Waals surface area contributed by atoms with Crippen molar-refractivity contribution < 1.29 is 9.53 Å². The molecule has 0 aromatic carbocycles. The minimum atomic E-state index is 0.456. The Morgan fingerprint density at radius 2 is 2.25 bits per heavy atom. The second-order valence-corrected chi connectivity index (χ2v) is 3.97. The van der Waals surface area contributed by atoms with Gasteiger partial charge in [0, 0.05) is 4.88 Å². The Morgan fingerprint density at radius 3 is 2.58 bits per heavy atom. The largest absolute Gasteiger partial charge is 0.495 e. The van der Waals surface area contributed by atoms with Gasteiger partial charge in [-0.15, -0.1) is 11.3 Å². The number of methoxy groups -OCH3 is 1. The predicted molar refractivity (Wildman–Crippen MR) is 50.3 cm³/mol. The molecular formula is C9H12O2S. The van der Waals surface area contributed by atoms with Crippen molar-refractivity contribution in [1.29, 1.82) is 0 Å². The quantitative estimate of drug-likeness (QED) is 0.675. The minimum absolute atomic E-state index is 0.456. The van der Waals surface area contributed by atoms with Gasteiger partial charge in [-0.3, -0.25) is 4.79 Å². The van der Waals surface area contributed by atoms with Crippen LogP contribution in [0.2, 0.25) is 0 Å². The van der Waals surface area contributed by atoms with E-state index in [1.165, 1.54) is 16.2 Å². The van der Waals surface area contributed by atoms with Gasteiger partial charge in [0.15, 0.2) is 6.29 Å². The first-order chi connectivity index (χ1) is 5.69. The van der Waals surface area contributed by atoms with Crippen molar-refractivity contribution in [2.45, 2.75) is 19.8 Å². The highest BCUT2D eigenvalue weighted by Gasteiger charge is 2.10. The summed E-state index contributed by atoms with van der Waals surface area (Å²) < 4.78 is 5.05. The second kappa shape index (κ2) is 3.72. The van der Waals surface area contributed by atoms with Gasteiger partial charge in [-0.25, -0.2) is 0 Å². The molecule has 1 heterocycles. The van der Waals surface area contributed by atoms with E-state index in [9.17, 15) is 4.79 Å². The van der Waals surface area contributed by atoms with Crippen LogP contribution < -0.4 is 4.74 Å². The van der Waals surface area contributed by atoms with Crippen LogP contribution >= 0.6 is 11.3 Å². The van der Waals surface area contributed by atoms with Gasteiger partial charge in [0.25, 0.3) is 0 Å². The standard InChI is InChI=1S/C9H12O2S/c1-6(2)8-4-7(11-3)9(5-10)12-8/h4-6H,1-3H3. The number of thiophene rings is 1. The van der Waals surface area contributed by atoms with Crippen LogP contribution in [0.4, 0.5) is 0 Å². The van der Waals surface area contributed by atoms with Gasteiger partial charge < -0.3 is 4.74 Å². The zero-order valence-corrected chi connectivity index (χ0v) is 8.27. The van der Waals surface area contributed by atoms with Crippen LogP contribution in [-0.4, -0.2) is 13.4 Å². The molecule has 2 nitrogen and oxygen atoms in total. The van der Waals surface area contributed by atoms with E-state index in [-0.39, 0.29) is 0 Å². The number of aldehydes is 1. The smallest absolute Gasteiger partial charge is 0.163 e. The molecule has 1 rings (SSSR count). The summed E-state index contributed by atoms with van der Waals surface area (Å²) in [4.78, 5) is 12.4. The maximum Gasteiger partial charge on any atom is 0.163 e. The van der Waals surface area contributed by atoms with Gasteiger partial charge in [0.2, 0.25) is 0 Å². The number of carbonyl (C=O) groups is 1. The maximum absolute atomic E-state index is 10.6. The summed E-state index contributed by atoms with van der Waals surface area (Å²) in [7, 11) is 1.58. The van der Waals surface area contributed by atoms with Crippen LogP contribution in [0.5, 0.6) is 5.75 Å². The van der Waals surface area contributed by atoms with Crippen LogP contribution in [0, 0.1) is 0 Å². The number of hydrogen-bond donors (Lipinski definition) is 0. The molecular weight excluding hydrogens is 172 g/mol. The van der Waals surface area contributed by atoms with E-state index >= 15 is 0 Å². The molecule has 0 spiro atoms. The van der Waals surface area contributed by atoms with Crippen molar-refractivity contribution in [3.05, 3.63) is 15.8 Å². The molecule has 1 aromatic rings. The van der Waals surface area contributed by atoms with Crippen LogP contribution in [0.3, 0.4) is 0 Å². The summed E-state index contributed by atoms with van der Waals surface area (Å²) in [6.45, 7) is 4.19. The normalized spacial score (nSPS) is 10.3. The highest BCUT2D eigenvalue weighted by atomic mass is 32.1. The Bertz CT molecular complexity index is 276. The number of carbonyl (C=O) groups excluding carboxylic acids is 1. The zero-order valence-electron chi connectivity index (χ0n) is 7.46. The molecule has 0 N–H and O–H groups in total. The van der Waals surface area contributed by atoms with Crippen LogP contribution in [-0.2, 0) is 0 Å². The summed E-state index contributed by atoms with van der Waals surface area (Å²) in [5.74, 6) is 1.15. The van der Waals surface area contributed by atoms with E-state index in [0.29, 0.717) is 16.5 Å². The molecule has 0 fully saturated rings. The summed E-state index contributed by atoms with van der Waals surface area (Å²) in [5, 5.41) is 0. The van der Waals surface area contributed by atoms with Gasteiger partial charge >= 0.3 is 0 Å². The average Bonchev–Trinajstić information content (AvgIpc) is 2.46. The lowest BCUT2D eigenvalue weighted by atomic mass is 10.2. The fourth-order valence-electron chi connectivity index (χ4n) is 0.933. The number of hydrogen-bond acceptors (Lipinski definition) is 3. The first kappa shape index (κ1) is 9.26. The van der Waals surface area contributed by atoms with Crippen molar-refractivity contribution in [2.24, 2.45) is 0 Å². The van der Waals surface area contributed by atoms with Crippen molar-refractivity contribution in [2.75, 3.05) is 7.11 Å². The average molecular weight is 184 g/mol. The SMILES string of the molecule is COc1cc(C(C)C)sc1C=O. The topological polar surface area (TPSA) is 26.3 Å². The molecule has 0 unspecified atom stereocenters. The molecule has 66 valence electrons. The van der Waals surface area contributed by atoms with E-state index in [1.54, 1.807) is 7.11 Å². The van der Waals surface area contributed by atoms with Gasteiger partial charge in [-0.1, -0.05) is 13.8 Å². The summed E-state index contributed by atoms with van der Waals surface area (Å²) in [6.07, 6.45) is 0.843. The predicted octanol–water partition coefficient (Wildman–Crippen LogP) is 2.69. The molecule has 0 bridgehead atoms. The molecule has 1 aromatic heterocycles. The van der Waals surface area contributed by atoms with Gasteiger partial charge in [0.05, 0.1) is 7.11 Å². The van der Waals surface area contributed by atoms with Gasteiger partial charge in [0.1, 0.15) is 10.6 Å². The third-order valence-electron chi connectivity index (χ3n) is 1.64. The highest BCUT2D eigenvalue weighted by Crippen LogP contribution is 2.32. The third-order valence-corrected chi connectivity index (χ3v) is 2.98. The lowest BCUT2D eigenvalue weighted by molar-refractivity contribution is 0.112. The van der Waals surface area contributed by atoms with Crippen LogP contribution in [0.15, 0.2) is 6.07 Å². The Balaban J connectivity index is 3.05. The van der Waals surface area contributed by atoms with Crippen molar-refractivity contribution in [3.8, 4) is 5.75 Å². The molecule has 3 heteroatoms. The Labute approximate surface area is 76.2 Å². The first-order valence-electron chi connectivity index (χ1n) is 3.82. The molecule has 0 saturated carbocycles. The van der Waals surface area contributed by atoms with E-state index in [2.05, 4.69) is 13.8 Å². The Morgan fingerprint density at radius 1 is 1.58 bits per heavy atom. The van der Waals surface area contributed by atoms with Crippen molar-refractivity contribution >= 4 is 17.6 Å². The first-order valence-corrected chi connectivity index (χ1v) is 4.63. The van der Waals surface area contributed by atoms with Gasteiger partial charge in [-0.05, 0) is 12.0 Å². The van der Waals surface area contributed by atoms with E-state index in [0.717, 1.165) is 6.29 Å². The molecule has 0 saturated heterocycles. The molecule has 0 aliphatic rings. The Hall–Kier alpha value is -0.830. The fraction of sp³-hybridized carbons (Fsp3) is 0.444. The van der Waals surface area contributed by atoms with Gasteiger partial charge in [-0.2, -0.15) is 0 Å². The number of rotatable bonds is 3. The fourth-order valence-corrected chi connectivity index (χ4v) is 1.88. The van der Waals surface area contributed by atoms with E-state index in [1.807, 2.05) is 6.07 Å². The number of ether oxygens (including phenoxy) is 1. The van der Waals surface area contributed by atoms with E-state index in [4.69, 9.17) is 4.74 Å². The Kier molecular flexibility index (Phi) is 2.87.